The summed E-state index contributed by atoms with van der Waals surface area (Å²) in [5.74, 6) is -0.541. The summed E-state index contributed by atoms with van der Waals surface area (Å²) in [6.07, 6.45) is 7.47. The van der Waals surface area contributed by atoms with Gasteiger partial charge in [0.05, 0.1) is 11.3 Å². The Bertz CT molecular complexity index is 794. The molecule has 1 aliphatic rings. The van der Waals surface area contributed by atoms with E-state index in [1.54, 1.807) is 35.1 Å². The first-order chi connectivity index (χ1) is 12.5. The number of carbonyl (C=O) groups excluding carboxylic acids is 1. The molecule has 1 amide bonds. The maximum atomic E-state index is 12.8. The molecule has 1 saturated carbocycles. The number of aromatic nitrogens is 2. The van der Waals surface area contributed by atoms with Crippen LogP contribution in [0.2, 0.25) is 0 Å². The van der Waals surface area contributed by atoms with E-state index in [1.165, 1.54) is 19.3 Å². The Labute approximate surface area is 152 Å². The fraction of sp³-hybridized carbons (Fsp3) is 0.421. The smallest absolute Gasteiger partial charge is 0.341 e. The van der Waals surface area contributed by atoms with Gasteiger partial charge in [-0.3, -0.25) is 9.48 Å². The first kappa shape index (κ1) is 18.0. The molecular weight excluding hydrogens is 334 g/mol. The molecule has 0 radical (unpaired) electrons. The van der Waals surface area contributed by atoms with Crippen molar-refractivity contribution in [1.82, 2.24) is 9.78 Å². The topological polar surface area (TPSA) is 93.5 Å². The van der Waals surface area contributed by atoms with Gasteiger partial charge in [0.25, 0.3) is 5.91 Å². The number of benzene rings is 1. The molecule has 7 nitrogen and oxygen atoms in total. The number of amides is 1. The number of hydrogen-bond donors (Lipinski definition) is 2. The average Bonchev–Trinajstić information content (AvgIpc) is 3.03. The van der Waals surface area contributed by atoms with Crippen molar-refractivity contribution < 1.29 is 19.4 Å². The van der Waals surface area contributed by atoms with Crippen LogP contribution in [-0.2, 0) is 11.8 Å². The Balaban J connectivity index is 1.74. The number of ether oxygens (including phenoxy) is 1. The number of carboxylic acid groups (broad SMARTS) is 1. The third-order valence-electron chi connectivity index (χ3n) is 4.55. The van der Waals surface area contributed by atoms with Crippen molar-refractivity contribution in [3.8, 4) is 5.75 Å². The quantitative estimate of drug-likeness (QED) is 0.828. The number of carboxylic acids is 1. The molecule has 7 heteroatoms. The van der Waals surface area contributed by atoms with E-state index in [9.17, 15) is 9.59 Å². The summed E-state index contributed by atoms with van der Waals surface area (Å²) in [7, 11) is 1.82. The SMILES string of the molecule is Cn1cc(C(=O)Nc2cccc(OCC(=O)O)c2)c(C2CCCCC2)n1. The fourth-order valence-corrected chi connectivity index (χ4v) is 3.37. The van der Waals surface area contributed by atoms with Gasteiger partial charge in [0, 0.05) is 30.9 Å². The fourth-order valence-electron chi connectivity index (χ4n) is 3.37. The summed E-state index contributed by atoms with van der Waals surface area (Å²) in [5.41, 5.74) is 2.01. The summed E-state index contributed by atoms with van der Waals surface area (Å²) >= 11 is 0. The molecule has 138 valence electrons. The molecule has 0 atom stereocenters. The number of aliphatic carboxylic acids is 1. The highest BCUT2D eigenvalue weighted by molar-refractivity contribution is 6.05. The van der Waals surface area contributed by atoms with Crippen LogP contribution in [0.25, 0.3) is 0 Å². The molecule has 3 rings (SSSR count). The number of aryl methyl sites for hydroxylation is 1. The zero-order valence-corrected chi connectivity index (χ0v) is 14.8. The highest BCUT2D eigenvalue weighted by Gasteiger charge is 2.25. The van der Waals surface area contributed by atoms with Gasteiger partial charge >= 0.3 is 5.97 Å². The third kappa shape index (κ3) is 4.41. The van der Waals surface area contributed by atoms with Gasteiger partial charge in [0.1, 0.15) is 5.75 Å². The second-order valence-corrected chi connectivity index (χ2v) is 6.60. The van der Waals surface area contributed by atoms with Gasteiger partial charge < -0.3 is 15.2 Å². The lowest BCUT2D eigenvalue weighted by Gasteiger charge is -2.20. The molecule has 0 unspecified atom stereocenters. The highest BCUT2D eigenvalue weighted by Crippen LogP contribution is 2.33. The van der Waals surface area contributed by atoms with Crippen LogP contribution in [0.1, 0.15) is 54.1 Å². The minimum Gasteiger partial charge on any atom is -0.482 e. The van der Waals surface area contributed by atoms with Gasteiger partial charge in [-0.15, -0.1) is 0 Å². The molecule has 1 aromatic heterocycles. The summed E-state index contributed by atoms with van der Waals surface area (Å²) in [4.78, 5) is 23.4. The highest BCUT2D eigenvalue weighted by atomic mass is 16.5. The van der Waals surface area contributed by atoms with Gasteiger partial charge in [-0.1, -0.05) is 25.3 Å². The van der Waals surface area contributed by atoms with Crippen LogP contribution in [0.3, 0.4) is 0 Å². The Kier molecular flexibility index (Phi) is 5.55. The average molecular weight is 357 g/mol. The van der Waals surface area contributed by atoms with E-state index in [1.807, 2.05) is 7.05 Å². The lowest BCUT2D eigenvalue weighted by Crippen LogP contribution is -2.16. The molecule has 2 N–H and O–H groups in total. The van der Waals surface area contributed by atoms with Crippen LogP contribution in [0.15, 0.2) is 30.5 Å². The van der Waals surface area contributed by atoms with Crippen LogP contribution in [0.4, 0.5) is 5.69 Å². The molecular formula is C19H23N3O4. The predicted molar refractivity (Wildman–Crippen MR) is 96.6 cm³/mol. The van der Waals surface area contributed by atoms with Gasteiger partial charge in [-0.25, -0.2) is 4.79 Å². The van der Waals surface area contributed by atoms with E-state index in [0.29, 0.717) is 22.9 Å². The van der Waals surface area contributed by atoms with Crippen LogP contribution in [0, 0.1) is 0 Å². The van der Waals surface area contributed by atoms with Crippen LogP contribution < -0.4 is 10.1 Å². The largest absolute Gasteiger partial charge is 0.482 e. The summed E-state index contributed by atoms with van der Waals surface area (Å²) < 4.78 is 6.84. The van der Waals surface area contributed by atoms with E-state index < -0.39 is 12.6 Å². The van der Waals surface area contributed by atoms with Crippen LogP contribution >= 0.6 is 0 Å². The lowest BCUT2D eigenvalue weighted by molar-refractivity contribution is -0.139. The monoisotopic (exact) mass is 357 g/mol. The minimum absolute atomic E-state index is 0.214. The molecule has 1 fully saturated rings. The van der Waals surface area contributed by atoms with Gasteiger partial charge in [-0.2, -0.15) is 5.10 Å². The third-order valence-corrected chi connectivity index (χ3v) is 4.55. The maximum Gasteiger partial charge on any atom is 0.341 e. The number of hydrogen-bond acceptors (Lipinski definition) is 4. The molecule has 1 aliphatic carbocycles. The predicted octanol–water partition coefficient (Wildman–Crippen LogP) is 3.18. The van der Waals surface area contributed by atoms with Crippen molar-refractivity contribution in [2.45, 2.75) is 38.0 Å². The van der Waals surface area contributed by atoms with E-state index in [-0.39, 0.29) is 5.91 Å². The van der Waals surface area contributed by atoms with Crippen molar-refractivity contribution in [2.75, 3.05) is 11.9 Å². The second-order valence-electron chi connectivity index (χ2n) is 6.60. The van der Waals surface area contributed by atoms with Gasteiger partial charge in [0.15, 0.2) is 6.61 Å². The summed E-state index contributed by atoms with van der Waals surface area (Å²) in [6, 6.07) is 6.70. The summed E-state index contributed by atoms with van der Waals surface area (Å²) in [5, 5.41) is 16.1. The Morgan fingerprint density at radius 2 is 2.08 bits per heavy atom. The normalized spacial score (nSPS) is 14.8. The number of nitrogens with zero attached hydrogens (tertiary/aromatic N) is 2. The number of nitrogens with one attached hydrogen (secondary N) is 1. The summed E-state index contributed by atoms with van der Waals surface area (Å²) in [6.45, 7) is -0.425. The zero-order chi connectivity index (χ0) is 18.5. The molecule has 0 saturated heterocycles. The second kappa shape index (κ2) is 8.03. The molecule has 0 aliphatic heterocycles. The Morgan fingerprint density at radius 1 is 1.31 bits per heavy atom. The van der Waals surface area contributed by atoms with Gasteiger partial charge in [-0.05, 0) is 25.0 Å². The number of carbonyl (C=O) groups is 2. The molecule has 0 spiro atoms. The van der Waals surface area contributed by atoms with Crippen molar-refractivity contribution >= 4 is 17.6 Å². The number of rotatable bonds is 6. The van der Waals surface area contributed by atoms with E-state index in [4.69, 9.17) is 9.84 Å². The lowest BCUT2D eigenvalue weighted by atomic mass is 9.85. The van der Waals surface area contributed by atoms with Crippen LogP contribution in [-0.4, -0.2) is 33.4 Å². The van der Waals surface area contributed by atoms with E-state index in [2.05, 4.69) is 10.4 Å². The molecule has 26 heavy (non-hydrogen) atoms. The van der Waals surface area contributed by atoms with Crippen molar-refractivity contribution in [3.05, 3.63) is 41.7 Å². The van der Waals surface area contributed by atoms with Crippen LogP contribution in [0.5, 0.6) is 5.75 Å². The Hall–Kier alpha value is -2.83. The first-order valence-corrected chi connectivity index (χ1v) is 8.82. The van der Waals surface area contributed by atoms with Gasteiger partial charge in [0.2, 0.25) is 0 Å². The molecule has 1 heterocycles. The molecule has 1 aromatic carbocycles. The molecule has 2 aromatic rings. The minimum atomic E-state index is -1.05. The molecule has 0 bridgehead atoms. The Morgan fingerprint density at radius 3 is 2.81 bits per heavy atom. The standard InChI is InChI=1S/C19H23N3O4/c1-22-11-16(18(21-22)13-6-3-2-4-7-13)19(25)20-14-8-5-9-15(10-14)26-12-17(23)24/h5,8-11,13H,2-4,6-7,12H2,1H3,(H,20,25)(H,23,24). The maximum absolute atomic E-state index is 12.8. The van der Waals surface area contributed by atoms with Crippen molar-refractivity contribution in [2.24, 2.45) is 7.05 Å². The van der Waals surface area contributed by atoms with E-state index in [0.717, 1.165) is 18.5 Å². The zero-order valence-electron chi connectivity index (χ0n) is 14.8. The number of anilines is 1. The van der Waals surface area contributed by atoms with Crippen molar-refractivity contribution in [3.63, 3.8) is 0 Å². The van der Waals surface area contributed by atoms with Crippen molar-refractivity contribution in [1.29, 1.82) is 0 Å². The van der Waals surface area contributed by atoms with E-state index >= 15 is 0 Å². The first-order valence-electron chi connectivity index (χ1n) is 8.82.